The fourth-order valence-corrected chi connectivity index (χ4v) is 7.15. The van der Waals surface area contributed by atoms with E-state index in [2.05, 4.69) is 0 Å². The Morgan fingerprint density at radius 2 is 2.25 bits per heavy atom. The Labute approximate surface area is 178 Å². The first-order valence-electron chi connectivity index (χ1n) is 9.09. The number of thiophene rings is 1. The van der Waals surface area contributed by atoms with Crippen molar-refractivity contribution in [3.8, 4) is 0 Å². The highest BCUT2D eigenvalue weighted by Crippen LogP contribution is 2.33. The van der Waals surface area contributed by atoms with Gasteiger partial charge in [-0.3, -0.25) is 14.5 Å². The van der Waals surface area contributed by atoms with Gasteiger partial charge < -0.3 is 4.90 Å². The van der Waals surface area contributed by atoms with Gasteiger partial charge in [0.05, 0.1) is 16.4 Å². The van der Waals surface area contributed by atoms with E-state index in [-0.39, 0.29) is 35.8 Å². The van der Waals surface area contributed by atoms with Crippen LogP contribution in [0.5, 0.6) is 0 Å². The predicted molar refractivity (Wildman–Crippen MR) is 118 cm³/mol. The first-order chi connectivity index (χ1) is 13.3. The number of thiocarbonyl (C=S) groups is 1. The third kappa shape index (κ3) is 5.03. The zero-order valence-corrected chi connectivity index (χ0v) is 18.8. The number of hydrogen-bond donors (Lipinski definition) is 0. The summed E-state index contributed by atoms with van der Waals surface area (Å²) in [7, 11) is -3.03. The molecule has 0 unspecified atom stereocenters. The Balaban J connectivity index is 1.53. The number of sulfone groups is 1. The Morgan fingerprint density at radius 3 is 2.86 bits per heavy atom. The van der Waals surface area contributed by atoms with Crippen LogP contribution in [0.4, 0.5) is 0 Å². The van der Waals surface area contributed by atoms with Crippen LogP contribution in [-0.2, 0) is 19.4 Å². The summed E-state index contributed by atoms with van der Waals surface area (Å²) in [6.45, 7) is 2.74. The van der Waals surface area contributed by atoms with Crippen LogP contribution in [0.25, 0.3) is 6.08 Å². The van der Waals surface area contributed by atoms with E-state index in [1.54, 1.807) is 21.1 Å². The van der Waals surface area contributed by atoms with Gasteiger partial charge in [0.15, 0.2) is 9.84 Å². The monoisotopic (exact) mass is 458 g/mol. The highest BCUT2D eigenvalue weighted by atomic mass is 32.2. The van der Waals surface area contributed by atoms with Crippen molar-refractivity contribution in [3.05, 3.63) is 27.3 Å². The topological polar surface area (TPSA) is 74.8 Å². The predicted octanol–water partition coefficient (Wildman–Crippen LogP) is 2.77. The molecule has 6 nitrogen and oxygen atoms in total. The summed E-state index contributed by atoms with van der Waals surface area (Å²) in [5.41, 5.74) is 0. The maximum atomic E-state index is 12.6. The molecule has 3 heterocycles. The van der Waals surface area contributed by atoms with Crippen LogP contribution in [0.2, 0.25) is 0 Å². The minimum absolute atomic E-state index is 0.0504. The third-order valence-electron chi connectivity index (χ3n) is 4.77. The molecule has 0 radical (unpaired) electrons. The van der Waals surface area contributed by atoms with E-state index in [0.717, 1.165) is 4.88 Å². The molecule has 2 aliphatic heterocycles. The molecule has 10 heteroatoms. The second-order valence-electron chi connectivity index (χ2n) is 6.69. The molecule has 28 heavy (non-hydrogen) atoms. The Bertz CT molecular complexity index is 893. The summed E-state index contributed by atoms with van der Waals surface area (Å²) >= 11 is 8.17. The lowest BCUT2D eigenvalue weighted by atomic mass is 10.2. The van der Waals surface area contributed by atoms with Gasteiger partial charge >= 0.3 is 0 Å². The summed E-state index contributed by atoms with van der Waals surface area (Å²) in [6.07, 6.45) is 3.11. The molecule has 1 aromatic heterocycles. The molecule has 0 bridgehead atoms. The Morgan fingerprint density at radius 1 is 1.46 bits per heavy atom. The minimum Gasteiger partial charge on any atom is -0.339 e. The Hall–Kier alpha value is -1.23. The van der Waals surface area contributed by atoms with Gasteiger partial charge in [-0.05, 0) is 37.3 Å². The second-order valence-corrected chi connectivity index (χ2v) is 11.6. The number of rotatable bonds is 7. The molecule has 2 saturated heterocycles. The number of amides is 2. The molecule has 2 fully saturated rings. The number of nitrogens with zero attached hydrogens (tertiary/aromatic N) is 2. The smallest absolute Gasteiger partial charge is 0.266 e. The van der Waals surface area contributed by atoms with Crippen molar-refractivity contribution in [2.24, 2.45) is 0 Å². The molecule has 0 N–H and O–H groups in total. The first-order valence-corrected chi connectivity index (χ1v) is 13.0. The lowest BCUT2D eigenvalue weighted by Gasteiger charge is -2.27. The van der Waals surface area contributed by atoms with Crippen molar-refractivity contribution in [3.63, 3.8) is 0 Å². The van der Waals surface area contributed by atoms with Crippen molar-refractivity contribution in [2.45, 2.75) is 32.2 Å². The Kier molecular flexibility index (Phi) is 6.95. The van der Waals surface area contributed by atoms with Gasteiger partial charge in [0.1, 0.15) is 4.32 Å². The molecule has 2 amide bonds. The summed E-state index contributed by atoms with van der Waals surface area (Å²) in [5, 5.41) is 1.95. The molecule has 3 rings (SSSR count). The quantitative estimate of drug-likeness (QED) is 0.462. The summed E-state index contributed by atoms with van der Waals surface area (Å²) in [4.78, 5) is 30.0. The lowest BCUT2D eigenvalue weighted by molar-refractivity contribution is -0.133. The molecule has 0 spiro atoms. The lowest BCUT2D eigenvalue weighted by Crippen LogP contribution is -2.41. The van der Waals surface area contributed by atoms with E-state index in [1.165, 1.54) is 11.8 Å². The van der Waals surface area contributed by atoms with Crippen molar-refractivity contribution in [2.75, 3.05) is 24.6 Å². The SMILES string of the molecule is CCN(C(=O)CCCN1C(=O)/C(=C\c2cccs2)SC1=S)[C@H]1CCS(=O)(=O)C1. The molecule has 152 valence electrons. The molecule has 1 atom stereocenters. The van der Waals surface area contributed by atoms with Crippen LogP contribution in [0, 0.1) is 0 Å². The molecule has 0 saturated carbocycles. The summed E-state index contributed by atoms with van der Waals surface area (Å²) < 4.78 is 23.9. The average Bonchev–Trinajstić information content (AvgIpc) is 3.33. The van der Waals surface area contributed by atoms with Crippen LogP contribution < -0.4 is 0 Å². The van der Waals surface area contributed by atoms with E-state index in [0.29, 0.717) is 35.2 Å². The van der Waals surface area contributed by atoms with Crippen molar-refractivity contribution in [1.29, 1.82) is 0 Å². The molecule has 0 aliphatic carbocycles. The van der Waals surface area contributed by atoms with Crippen LogP contribution in [-0.4, -0.2) is 65.0 Å². The number of carbonyl (C=O) groups is 2. The highest BCUT2D eigenvalue weighted by molar-refractivity contribution is 8.26. The summed E-state index contributed by atoms with van der Waals surface area (Å²) in [5.74, 6) is 0.0119. The van der Waals surface area contributed by atoms with Crippen LogP contribution in [0.3, 0.4) is 0 Å². The minimum atomic E-state index is -3.03. The van der Waals surface area contributed by atoms with Gasteiger partial charge in [0, 0.05) is 30.4 Å². The summed E-state index contributed by atoms with van der Waals surface area (Å²) in [6, 6.07) is 3.64. The van der Waals surface area contributed by atoms with Crippen LogP contribution in [0.1, 0.15) is 31.1 Å². The third-order valence-corrected chi connectivity index (χ3v) is 8.72. The van der Waals surface area contributed by atoms with E-state index >= 15 is 0 Å². The van der Waals surface area contributed by atoms with Crippen molar-refractivity contribution in [1.82, 2.24) is 9.80 Å². The standard InChI is InChI=1S/C18H22N2O4S4/c1-2-19(13-7-10-28(23,24)12-13)16(21)6-3-8-20-17(22)15(27-18(20)25)11-14-5-4-9-26-14/h4-5,9,11,13H,2-3,6-8,10,12H2,1H3/b15-11+/t13-/m0/s1. The number of carbonyl (C=O) groups excluding carboxylic acids is 2. The zero-order chi connectivity index (χ0) is 20.3. The maximum Gasteiger partial charge on any atom is 0.266 e. The van der Waals surface area contributed by atoms with Crippen molar-refractivity contribution < 1.29 is 18.0 Å². The fraction of sp³-hybridized carbons (Fsp3) is 0.500. The normalized spacial score (nSPS) is 23.0. The molecular formula is C18H22N2O4S4. The van der Waals surface area contributed by atoms with E-state index in [4.69, 9.17) is 12.2 Å². The van der Waals surface area contributed by atoms with E-state index in [9.17, 15) is 18.0 Å². The number of thioether (sulfide) groups is 1. The first kappa shape index (κ1) is 21.5. The zero-order valence-electron chi connectivity index (χ0n) is 15.5. The van der Waals surface area contributed by atoms with Gasteiger partial charge in [-0.25, -0.2) is 8.42 Å². The van der Waals surface area contributed by atoms with Gasteiger partial charge in [-0.15, -0.1) is 11.3 Å². The van der Waals surface area contributed by atoms with Gasteiger partial charge in [0.2, 0.25) is 5.91 Å². The second kappa shape index (κ2) is 9.06. The van der Waals surface area contributed by atoms with Gasteiger partial charge in [-0.1, -0.05) is 30.0 Å². The van der Waals surface area contributed by atoms with Gasteiger partial charge in [-0.2, -0.15) is 0 Å². The van der Waals surface area contributed by atoms with E-state index < -0.39 is 9.84 Å². The van der Waals surface area contributed by atoms with Crippen LogP contribution >= 0.6 is 35.3 Å². The molecule has 2 aliphatic rings. The molecule has 1 aromatic rings. The largest absolute Gasteiger partial charge is 0.339 e. The number of hydrogen-bond acceptors (Lipinski definition) is 7. The molecular weight excluding hydrogens is 436 g/mol. The molecule has 0 aromatic carbocycles. The fourth-order valence-electron chi connectivity index (χ4n) is 3.39. The van der Waals surface area contributed by atoms with Crippen LogP contribution in [0.15, 0.2) is 22.4 Å². The van der Waals surface area contributed by atoms with Gasteiger partial charge in [0.25, 0.3) is 5.91 Å². The highest BCUT2D eigenvalue weighted by Gasteiger charge is 2.34. The van der Waals surface area contributed by atoms with E-state index in [1.807, 2.05) is 30.5 Å². The average molecular weight is 459 g/mol. The van der Waals surface area contributed by atoms with Crippen molar-refractivity contribution >= 4 is 67.4 Å². The maximum absolute atomic E-state index is 12.6.